The summed E-state index contributed by atoms with van der Waals surface area (Å²) in [5, 5.41) is 0. The van der Waals surface area contributed by atoms with E-state index in [0.717, 1.165) is 5.56 Å². The van der Waals surface area contributed by atoms with Gasteiger partial charge >= 0.3 is 0 Å². The second-order valence-electron chi connectivity index (χ2n) is 3.51. The van der Waals surface area contributed by atoms with Crippen LogP contribution in [0.1, 0.15) is 5.56 Å². The number of rotatable bonds is 4. The standard InChI is InChI=1S/C12H15NO4/c1-8-5-9(16-3)6-10(17-4)12(8)13(2)11(15)7-14/h5-7H,1-4H3. The topological polar surface area (TPSA) is 55.8 Å². The second-order valence-corrected chi connectivity index (χ2v) is 3.51. The van der Waals surface area contributed by atoms with Gasteiger partial charge in [0.25, 0.3) is 5.91 Å². The fourth-order valence-corrected chi connectivity index (χ4v) is 1.61. The van der Waals surface area contributed by atoms with Crippen LogP contribution in [0.2, 0.25) is 0 Å². The largest absolute Gasteiger partial charge is 0.497 e. The quantitative estimate of drug-likeness (QED) is 0.582. The maximum atomic E-state index is 11.4. The maximum absolute atomic E-state index is 11.4. The first-order valence-corrected chi connectivity index (χ1v) is 5.00. The van der Waals surface area contributed by atoms with E-state index in [9.17, 15) is 9.59 Å². The van der Waals surface area contributed by atoms with Gasteiger partial charge in [-0.2, -0.15) is 0 Å². The molecule has 1 aromatic carbocycles. The van der Waals surface area contributed by atoms with Crippen molar-refractivity contribution in [2.24, 2.45) is 0 Å². The smallest absolute Gasteiger partial charge is 0.290 e. The number of likely N-dealkylation sites (N-methyl/N-ethyl adjacent to an activating group) is 1. The van der Waals surface area contributed by atoms with E-state index in [1.807, 2.05) is 6.92 Å². The number of hydrogen-bond acceptors (Lipinski definition) is 4. The Morgan fingerprint density at radius 1 is 1.29 bits per heavy atom. The molecule has 0 spiro atoms. The summed E-state index contributed by atoms with van der Waals surface area (Å²) < 4.78 is 10.3. The molecule has 0 aromatic heterocycles. The molecule has 0 radical (unpaired) electrons. The van der Waals surface area contributed by atoms with Crippen LogP contribution in [0.4, 0.5) is 5.69 Å². The summed E-state index contributed by atoms with van der Waals surface area (Å²) >= 11 is 0. The highest BCUT2D eigenvalue weighted by atomic mass is 16.5. The summed E-state index contributed by atoms with van der Waals surface area (Å²) in [6.07, 6.45) is 0.267. The molecule has 92 valence electrons. The Morgan fingerprint density at radius 2 is 1.94 bits per heavy atom. The van der Waals surface area contributed by atoms with Crippen molar-refractivity contribution in [3.63, 3.8) is 0 Å². The van der Waals surface area contributed by atoms with E-state index in [1.54, 1.807) is 19.2 Å². The molecule has 0 atom stereocenters. The molecule has 1 rings (SSSR count). The summed E-state index contributed by atoms with van der Waals surface area (Å²) in [6.45, 7) is 1.81. The zero-order valence-electron chi connectivity index (χ0n) is 10.3. The molecule has 0 aliphatic rings. The predicted octanol–water partition coefficient (Wildman–Crippen LogP) is 1.17. The summed E-state index contributed by atoms with van der Waals surface area (Å²) in [5.41, 5.74) is 1.35. The van der Waals surface area contributed by atoms with Crippen molar-refractivity contribution in [1.29, 1.82) is 0 Å². The molecule has 0 unspecified atom stereocenters. The Hall–Kier alpha value is -2.04. The van der Waals surface area contributed by atoms with Crippen LogP contribution >= 0.6 is 0 Å². The van der Waals surface area contributed by atoms with Crippen LogP contribution in [-0.2, 0) is 9.59 Å². The van der Waals surface area contributed by atoms with Crippen LogP contribution in [0, 0.1) is 6.92 Å². The third kappa shape index (κ3) is 2.55. The fourth-order valence-electron chi connectivity index (χ4n) is 1.61. The first-order chi connectivity index (χ1) is 8.04. The van der Waals surface area contributed by atoms with Crippen LogP contribution in [0.3, 0.4) is 0 Å². The monoisotopic (exact) mass is 237 g/mol. The van der Waals surface area contributed by atoms with Crippen LogP contribution in [0.25, 0.3) is 0 Å². The zero-order chi connectivity index (χ0) is 13.0. The van der Waals surface area contributed by atoms with E-state index in [0.29, 0.717) is 17.2 Å². The molecule has 0 saturated heterocycles. The van der Waals surface area contributed by atoms with Crippen molar-refractivity contribution in [3.8, 4) is 11.5 Å². The summed E-state index contributed by atoms with van der Waals surface area (Å²) in [6, 6.07) is 3.43. The number of carbonyl (C=O) groups excluding carboxylic acids is 2. The molecular weight excluding hydrogens is 222 g/mol. The van der Waals surface area contributed by atoms with Crippen molar-refractivity contribution >= 4 is 17.9 Å². The van der Waals surface area contributed by atoms with Gasteiger partial charge in [-0.1, -0.05) is 0 Å². The van der Waals surface area contributed by atoms with Gasteiger partial charge in [-0.05, 0) is 18.6 Å². The van der Waals surface area contributed by atoms with Gasteiger partial charge in [0.15, 0.2) is 0 Å². The van der Waals surface area contributed by atoms with E-state index in [4.69, 9.17) is 9.47 Å². The van der Waals surface area contributed by atoms with Gasteiger partial charge in [-0.25, -0.2) is 0 Å². The van der Waals surface area contributed by atoms with Gasteiger partial charge in [0.2, 0.25) is 6.29 Å². The SMILES string of the molecule is COc1cc(C)c(N(C)C(=O)C=O)c(OC)c1. The van der Waals surface area contributed by atoms with E-state index in [-0.39, 0.29) is 6.29 Å². The molecule has 0 saturated carbocycles. The molecule has 1 aromatic rings. The van der Waals surface area contributed by atoms with Gasteiger partial charge in [-0.3, -0.25) is 9.59 Å². The number of carbonyl (C=O) groups is 2. The number of nitrogens with zero attached hydrogens (tertiary/aromatic N) is 1. The molecule has 0 aliphatic carbocycles. The highest BCUT2D eigenvalue weighted by Gasteiger charge is 2.18. The van der Waals surface area contributed by atoms with Crippen LogP contribution in [-0.4, -0.2) is 33.5 Å². The lowest BCUT2D eigenvalue weighted by atomic mass is 10.1. The third-order valence-electron chi connectivity index (χ3n) is 2.46. The predicted molar refractivity (Wildman–Crippen MR) is 63.8 cm³/mol. The van der Waals surface area contributed by atoms with Crippen molar-refractivity contribution in [2.75, 3.05) is 26.2 Å². The Balaban J connectivity index is 3.31. The number of ether oxygens (including phenoxy) is 2. The van der Waals surface area contributed by atoms with Gasteiger partial charge in [0, 0.05) is 13.1 Å². The van der Waals surface area contributed by atoms with E-state index >= 15 is 0 Å². The van der Waals surface area contributed by atoms with E-state index in [1.165, 1.54) is 19.1 Å². The van der Waals surface area contributed by atoms with Gasteiger partial charge in [-0.15, -0.1) is 0 Å². The van der Waals surface area contributed by atoms with Crippen molar-refractivity contribution in [1.82, 2.24) is 0 Å². The highest BCUT2D eigenvalue weighted by Crippen LogP contribution is 2.35. The normalized spacial score (nSPS) is 9.65. The Bertz CT molecular complexity index is 442. The molecule has 0 aliphatic heterocycles. The van der Waals surface area contributed by atoms with Gasteiger partial charge < -0.3 is 14.4 Å². The Morgan fingerprint density at radius 3 is 2.41 bits per heavy atom. The van der Waals surface area contributed by atoms with E-state index < -0.39 is 5.91 Å². The van der Waals surface area contributed by atoms with E-state index in [2.05, 4.69) is 0 Å². The van der Waals surface area contributed by atoms with Gasteiger partial charge in [0.1, 0.15) is 11.5 Å². The molecule has 5 nitrogen and oxygen atoms in total. The zero-order valence-corrected chi connectivity index (χ0v) is 10.3. The maximum Gasteiger partial charge on any atom is 0.290 e. The molecular formula is C12H15NO4. The highest BCUT2D eigenvalue weighted by molar-refractivity contribution is 6.30. The minimum Gasteiger partial charge on any atom is -0.497 e. The molecule has 0 fully saturated rings. The average Bonchev–Trinajstić information content (AvgIpc) is 2.35. The summed E-state index contributed by atoms with van der Waals surface area (Å²) in [4.78, 5) is 23.1. The molecule has 17 heavy (non-hydrogen) atoms. The number of benzene rings is 1. The van der Waals surface area contributed by atoms with Gasteiger partial charge in [0.05, 0.1) is 19.9 Å². The minimum absolute atomic E-state index is 0.267. The lowest BCUT2D eigenvalue weighted by Gasteiger charge is -2.20. The number of aryl methyl sites for hydroxylation is 1. The Kier molecular flexibility index (Phi) is 4.09. The third-order valence-corrected chi connectivity index (χ3v) is 2.46. The molecule has 0 N–H and O–H groups in total. The number of anilines is 1. The lowest BCUT2D eigenvalue weighted by molar-refractivity contribution is -0.129. The van der Waals surface area contributed by atoms with Crippen molar-refractivity contribution in [3.05, 3.63) is 17.7 Å². The van der Waals surface area contributed by atoms with Crippen LogP contribution in [0.15, 0.2) is 12.1 Å². The summed E-state index contributed by atoms with van der Waals surface area (Å²) in [7, 11) is 4.57. The first-order valence-electron chi connectivity index (χ1n) is 5.00. The molecule has 0 heterocycles. The summed E-state index contributed by atoms with van der Waals surface area (Å²) in [5.74, 6) is 0.492. The molecule has 0 bridgehead atoms. The van der Waals surface area contributed by atoms with Crippen molar-refractivity contribution in [2.45, 2.75) is 6.92 Å². The number of amides is 1. The van der Waals surface area contributed by atoms with Crippen LogP contribution < -0.4 is 14.4 Å². The minimum atomic E-state index is -0.628. The number of aldehydes is 1. The van der Waals surface area contributed by atoms with Crippen molar-refractivity contribution < 1.29 is 19.1 Å². The lowest BCUT2D eigenvalue weighted by Crippen LogP contribution is -2.28. The average molecular weight is 237 g/mol. The number of methoxy groups -OCH3 is 2. The first kappa shape index (κ1) is 13.0. The molecule has 1 amide bonds. The fraction of sp³-hybridized carbons (Fsp3) is 0.333. The Labute approximate surface area is 99.9 Å². The molecule has 5 heteroatoms. The number of hydrogen-bond donors (Lipinski definition) is 0. The van der Waals surface area contributed by atoms with Crippen LogP contribution in [0.5, 0.6) is 11.5 Å². The second kappa shape index (κ2) is 5.34.